The molecule has 1 saturated heterocycles. The fourth-order valence-corrected chi connectivity index (χ4v) is 3.33. The molecule has 1 atom stereocenters. The highest BCUT2D eigenvalue weighted by Crippen LogP contribution is 2.15. The molecule has 25 heavy (non-hydrogen) atoms. The summed E-state index contributed by atoms with van der Waals surface area (Å²) in [5, 5.41) is 3.23. The van der Waals surface area contributed by atoms with Crippen LogP contribution in [0.2, 0.25) is 0 Å². The second-order valence-electron chi connectivity index (χ2n) is 7.38. The number of rotatable bonds is 5. The molecular weight excluding hydrogens is 425 g/mol. The number of halogens is 1. The number of nitrogens with zero attached hydrogens (tertiary/aromatic N) is 3. The van der Waals surface area contributed by atoms with Gasteiger partial charge in [0.05, 0.1) is 6.54 Å². The van der Waals surface area contributed by atoms with Gasteiger partial charge in [-0.25, -0.2) is 0 Å². The molecule has 1 fully saturated rings. The average molecular weight is 459 g/mol. The summed E-state index contributed by atoms with van der Waals surface area (Å²) in [5.74, 6) is 1.06. The number of likely N-dealkylation sites (N-methyl/N-ethyl adjacent to an activating group) is 1. The summed E-state index contributed by atoms with van der Waals surface area (Å²) in [6, 6.07) is 6.78. The molecule has 1 aliphatic rings. The zero-order valence-electron chi connectivity index (χ0n) is 16.2. The third-order valence-corrected chi connectivity index (χ3v) is 4.72. The van der Waals surface area contributed by atoms with E-state index in [1.54, 1.807) is 0 Å². The molecule has 0 aliphatic carbocycles. The molecule has 1 unspecified atom stereocenters. The molecule has 1 heterocycles. The second kappa shape index (κ2) is 10.3. The Morgan fingerprint density at radius 2 is 1.68 bits per heavy atom. The van der Waals surface area contributed by atoms with E-state index in [1.807, 2.05) is 0 Å². The van der Waals surface area contributed by atoms with Gasteiger partial charge in [0, 0.05) is 37.9 Å². The SMILES string of the molecule is Cc1cc(C)cc(NC(N)=NCC(C(C)C)N2CCN(C)CC2)c1.I. The standard InChI is InChI=1S/C19H33N5.HI/c1-14(2)18(24-8-6-23(5)7-9-24)13-21-19(20)22-17-11-15(3)10-16(4)12-17;/h10-12,14,18H,6-9,13H2,1-5H3,(H3,20,21,22);1H. The first-order valence-electron chi connectivity index (χ1n) is 8.93. The third kappa shape index (κ3) is 7.11. The minimum absolute atomic E-state index is 0. The topological polar surface area (TPSA) is 56.9 Å². The van der Waals surface area contributed by atoms with Gasteiger partial charge in [-0.3, -0.25) is 9.89 Å². The molecule has 1 aliphatic heterocycles. The quantitative estimate of drug-likeness (QED) is 0.404. The Morgan fingerprint density at radius 1 is 1.12 bits per heavy atom. The fraction of sp³-hybridized carbons (Fsp3) is 0.632. The number of hydrogen-bond acceptors (Lipinski definition) is 3. The largest absolute Gasteiger partial charge is 0.370 e. The van der Waals surface area contributed by atoms with Crippen LogP contribution in [0.4, 0.5) is 5.69 Å². The van der Waals surface area contributed by atoms with Crippen LogP contribution in [-0.4, -0.2) is 61.6 Å². The smallest absolute Gasteiger partial charge is 0.193 e. The summed E-state index contributed by atoms with van der Waals surface area (Å²) in [6.45, 7) is 13.9. The summed E-state index contributed by atoms with van der Waals surface area (Å²) < 4.78 is 0. The zero-order chi connectivity index (χ0) is 17.7. The van der Waals surface area contributed by atoms with Crippen molar-refractivity contribution in [3.63, 3.8) is 0 Å². The Balaban J connectivity index is 0.00000312. The summed E-state index contributed by atoms with van der Waals surface area (Å²) in [4.78, 5) is 9.56. The normalized spacial score (nSPS) is 18.1. The van der Waals surface area contributed by atoms with Gasteiger partial charge in [0.2, 0.25) is 0 Å². The van der Waals surface area contributed by atoms with Gasteiger partial charge in [-0.2, -0.15) is 0 Å². The van der Waals surface area contributed by atoms with E-state index in [0.29, 0.717) is 17.9 Å². The maximum absolute atomic E-state index is 6.12. The number of benzene rings is 1. The number of guanidine groups is 1. The van der Waals surface area contributed by atoms with Crippen LogP contribution in [0.1, 0.15) is 25.0 Å². The summed E-state index contributed by atoms with van der Waals surface area (Å²) >= 11 is 0. The lowest BCUT2D eigenvalue weighted by Gasteiger charge is -2.39. The van der Waals surface area contributed by atoms with Gasteiger partial charge in [0.15, 0.2) is 5.96 Å². The van der Waals surface area contributed by atoms with Crippen LogP contribution in [0.15, 0.2) is 23.2 Å². The molecule has 1 aromatic rings. The van der Waals surface area contributed by atoms with Crippen LogP contribution in [0.3, 0.4) is 0 Å². The summed E-state index contributed by atoms with van der Waals surface area (Å²) in [7, 11) is 2.19. The maximum atomic E-state index is 6.12. The highest BCUT2D eigenvalue weighted by Gasteiger charge is 2.24. The molecule has 2 rings (SSSR count). The number of nitrogens with one attached hydrogen (secondary N) is 1. The van der Waals surface area contributed by atoms with Gasteiger partial charge < -0.3 is 16.0 Å². The lowest BCUT2D eigenvalue weighted by Crippen LogP contribution is -2.51. The van der Waals surface area contributed by atoms with Gasteiger partial charge in [0.1, 0.15) is 0 Å². The molecule has 142 valence electrons. The third-order valence-electron chi connectivity index (χ3n) is 4.72. The minimum Gasteiger partial charge on any atom is -0.370 e. The summed E-state index contributed by atoms with van der Waals surface area (Å²) in [5.41, 5.74) is 9.58. The lowest BCUT2D eigenvalue weighted by molar-refractivity contribution is 0.0926. The predicted molar refractivity (Wildman–Crippen MR) is 119 cm³/mol. The van der Waals surface area contributed by atoms with Gasteiger partial charge in [-0.05, 0) is 50.1 Å². The number of aryl methyl sites for hydroxylation is 2. The molecule has 0 saturated carbocycles. The van der Waals surface area contributed by atoms with Crippen molar-refractivity contribution in [2.24, 2.45) is 16.6 Å². The van der Waals surface area contributed by atoms with Crippen molar-refractivity contribution in [3.8, 4) is 0 Å². The Morgan fingerprint density at radius 3 is 2.20 bits per heavy atom. The second-order valence-corrected chi connectivity index (χ2v) is 7.38. The van der Waals surface area contributed by atoms with Crippen molar-refractivity contribution in [3.05, 3.63) is 29.3 Å². The van der Waals surface area contributed by atoms with E-state index >= 15 is 0 Å². The first-order valence-corrected chi connectivity index (χ1v) is 8.93. The van der Waals surface area contributed by atoms with Crippen LogP contribution < -0.4 is 11.1 Å². The minimum atomic E-state index is 0. The van der Waals surface area contributed by atoms with Crippen LogP contribution in [0, 0.1) is 19.8 Å². The zero-order valence-corrected chi connectivity index (χ0v) is 18.6. The number of nitrogens with two attached hydrogens (primary N) is 1. The molecule has 0 aromatic heterocycles. The van der Waals surface area contributed by atoms with Crippen LogP contribution in [0.5, 0.6) is 0 Å². The van der Waals surface area contributed by atoms with Crippen LogP contribution in [0.25, 0.3) is 0 Å². The van der Waals surface area contributed by atoms with Gasteiger partial charge in [-0.15, -0.1) is 24.0 Å². The molecule has 6 heteroatoms. The average Bonchev–Trinajstić information content (AvgIpc) is 2.47. The first-order chi connectivity index (χ1) is 11.3. The number of aliphatic imine (C=N–C) groups is 1. The Bertz CT molecular complexity index is 545. The number of anilines is 1. The Labute approximate surface area is 170 Å². The lowest BCUT2D eigenvalue weighted by atomic mass is 10.0. The summed E-state index contributed by atoms with van der Waals surface area (Å²) in [6.07, 6.45) is 0. The van der Waals surface area contributed by atoms with Crippen molar-refractivity contribution < 1.29 is 0 Å². The molecule has 0 amide bonds. The van der Waals surface area contributed by atoms with Crippen molar-refractivity contribution in [2.45, 2.75) is 33.7 Å². The molecule has 5 nitrogen and oxygen atoms in total. The highest BCUT2D eigenvalue weighted by molar-refractivity contribution is 14.0. The van der Waals surface area contributed by atoms with Gasteiger partial charge >= 0.3 is 0 Å². The molecular formula is C19H34IN5. The van der Waals surface area contributed by atoms with E-state index in [4.69, 9.17) is 5.73 Å². The molecule has 3 N–H and O–H groups in total. The number of piperazine rings is 1. The maximum Gasteiger partial charge on any atom is 0.193 e. The fourth-order valence-electron chi connectivity index (χ4n) is 3.33. The van der Waals surface area contributed by atoms with E-state index < -0.39 is 0 Å². The van der Waals surface area contributed by atoms with Gasteiger partial charge in [-0.1, -0.05) is 19.9 Å². The predicted octanol–water partition coefficient (Wildman–Crippen LogP) is 2.92. The first kappa shape index (κ1) is 22.2. The van der Waals surface area contributed by atoms with E-state index in [2.05, 4.69) is 73.1 Å². The monoisotopic (exact) mass is 459 g/mol. The van der Waals surface area contributed by atoms with E-state index in [0.717, 1.165) is 38.4 Å². The van der Waals surface area contributed by atoms with E-state index in [1.165, 1.54) is 11.1 Å². The van der Waals surface area contributed by atoms with Crippen molar-refractivity contribution >= 4 is 35.6 Å². The van der Waals surface area contributed by atoms with Crippen LogP contribution in [-0.2, 0) is 0 Å². The van der Waals surface area contributed by atoms with Crippen molar-refractivity contribution in [2.75, 3.05) is 45.1 Å². The molecule has 0 spiro atoms. The van der Waals surface area contributed by atoms with Gasteiger partial charge in [0.25, 0.3) is 0 Å². The molecule has 1 aromatic carbocycles. The number of hydrogen-bond donors (Lipinski definition) is 2. The Hall–Kier alpha value is -0.860. The van der Waals surface area contributed by atoms with Crippen molar-refractivity contribution in [1.29, 1.82) is 0 Å². The van der Waals surface area contributed by atoms with E-state index in [-0.39, 0.29) is 24.0 Å². The van der Waals surface area contributed by atoms with Crippen LogP contribution >= 0.6 is 24.0 Å². The molecule has 0 radical (unpaired) electrons. The Kier molecular flexibility index (Phi) is 9.16. The molecule has 0 bridgehead atoms. The highest BCUT2D eigenvalue weighted by atomic mass is 127. The van der Waals surface area contributed by atoms with Crippen molar-refractivity contribution in [1.82, 2.24) is 9.80 Å². The van der Waals surface area contributed by atoms with E-state index in [9.17, 15) is 0 Å².